The van der Waals surface area contributed by atoms with Crippen LogP contribution >= 0.6 is 7.75 Å². The Labute approximate surface area is 277 Å². The molecule has 256 valence electrons. The smallest absolute Gasteiger partial charge is 0.459 e. The van der Waals surface area contributed by atoms with Crippen molar-refractivity contribution in [2.75, 3.05) is 24.6 Å². The van der Waals surface area contributed by atoms with Crippen molar-refractivity contribution in [3.8, 4) is 5.75 Å². The highest BCUT2D eigenvalue weighted by atomic mass is 31.2. The standard InChI is InChI=1S/C33H40FN6O7P/c1-20(31(41)45-23-12-5-6-13-23)38-48(43,47-25-15-8-11-22-10-4-7-14-24(22)25)44-18-26-28(34)33(3,42)32(46-26)40-19-35-27-29(39-16-9-17-39)36-21(2)37-30(27)40/h4,7-8,10-11,14-15,19-20,23,26,28,32,42H,5-6,9,12-13,16-18H2,1-3H3,(H,38,43)/t20-,26+,28+,32+,33+,48?/m0/s1. The number of alkyl halides is 1. The molecule has 0 radical (unpaired) electrons. The zero-order chi connectivity index (χ0) is 33.6. The van der Waals surface area contributed by atoms with Crippen molar-refractivity contribution in [2.24, 2.45) is 0 Å². The lowest BCUT2D eigenvalue weighted by molar-refractivity contribution is -0.150. The number of aryl methyl sites for hydroxylation is 1. The minimum absolute atomic E-state index is 0.199. The Bertz CT molecular complexity index is 1860. The molecule has 4 heterocycles. The first kappa shape index (κ1) is 32.8. The van der Waals surface area contributed by atoms with E-state index in [1.807, 2.05) is 24.3 Å². The molecule has 48 heavy (non-hydrogen) atoms. The zero-order valence-corrected chi connectivity index (χ0v) is 28.0. The van der Waals surface area contributed by atoms with E-state index >= 15 is 4.39 Å². The molecule has 2 N–H and O–H groups in total. The molecule has 0 spiro atoms. The predicted octanol–water partition coefficient (Wildman–Crippen LogP) is 5.15. The van der Waals surface area contributed by atoms with E-state index < -0.39 is 50.5 Å². The van der Waals surface area contributed by atoms with Gasteiger partial charge < -0.3 is 24.0 Å². The number of aliphatic hydroxyl groups is 1. The fourth-order valence-corrected chi connectivity index (χ4v) is 8.03. The third kappa shape index (κ3) is 6.27. The number of esters is 1. The molecule has 2 aromatic carbocycles. The first-order chi connectivity index (χ1) is 23.0. The van der Waals surface area contributed by atoms with Gasteiger partial charge in [0, 0.05) is 18.5 Å². The summed E-state index contributed by atoms with van der Waals surface area (Å²) in [5, 5.41) is 15.6. The summed E-state index contributed by atoms with van der Waals surface area (Å²) in [7, 11) is -4.39. The maximum Gasteiger partial charge on any atom is 0.459 e. The molecule has 6 atom stereocenters. The van der Waals surface area contributed by atoms with Crippen LogP contribution in [0.15, 0.2) is 48.8 Å². The highest BCUT2D eigenvalue weighted by Crippen LogP contribution is 2.49. The summed E-state index contributed by atoms with van der Waals surface area (Å²) >= 11 is 0. The van der Waals surface area contributed by atoms with Crippen LogP contribution in [0.4, 0.5) is 10.2 Å². The first-order valence-electron chi connectivity index (χ1n) is 16.4. The molecule has 2 aromatic heterocycles. The Kier molecular flexibility index (Phi) is 8.88. The minimum Gasteiger partial charge on any atom is -0.461 e. The third-order valence-electron chi connectivity index (χ3n) is 9.28. The van der Waals surface area contributed by atoms with Gasteiger partial charge in [-0.3, -0.25) is 13.9 Å². The van der Waals surface area contributed by atoms with Gasteiger partial charge in [0.05, 0.1) is 12.9 Å². The Morgan fingerprint density at radius 3 is 2.67 bits per heavy atom. The predicted molar refractivity (Wildman–Crippen MR) is 175 cm³/mol. The normalized spacial score (nSPS) is 26.4. The van der Waals surface area contributed by atoms with Gasteiger partial charge in [0.15, 0.2) is 29.4 Å². The quantitative estimate of drug-likeness (QED) is 0.159. The molecule has 1 aliphatic carbocycles. The lowest BCUT2D eigenvalue weighted by Gasteiger charge is -2.32. The average molecular weight is 683 g/mol. The molecule has 0 amide bonds. The number of benzene rings is 2. The number of nitrogens with zero attached hydrogens (tertiary/aromatic N) is 5. The highest BCUT2D eigenvalue weighted by Gasteiger charge is 2.55. The third-order valence-corrected chi connectivity index (χ3v) is 10.9. The molecule has 15 heteroatoms. The topological polar surface area (TPSA) is 150 Å². The number of anilines is 1. The van der Waals surface area contributed by atoms with Gasteiger partial charge in [-0.1, -0.05) is 36.4 Å². The number of carbonyl (C=O) groups is 1. The second kappa shape index (κ2) is 13.0. The van der Waals surface area contributed by atoms with Crippen molar-refractivity contribution in [1.29, 1.82) is 0 Å². The van der Waals surface area contributed by atoms with Crippen LogP contribution in [0.1, 0.15) is 58.0 Å². The number of rotatable bonds is 11. The van der Waals surface area contributed by atoms with Crippen LogP contribution in [0.3, 0.4) is 0 Å². The van der Waals surface area contributed by atoms with Gasteiger partial charge in [-0.2, -0.15) is 5.09 Å². The van der Waals surface area contributed by atoms with E-state index in [4.69, 9.17) is 18.5 Å². The van der Waals surface area contributed by atoms with Crippen molar-refractivity contribution in [3.63, 3.8) is 0 Å². The zero-order valence-electron chi connectivity index (χ0n) is 27.1. The summed E-state index contributed by atoms with van der Waals surface area (Å²) < 4.78 is 55.5. The fourth-order valence-electron chi connectivity index (χ4n) is 6.51. The molecule has 3 fully saturated rings. The van der Waals surface area contributed by atoms with E-state index in [0.29, 0.717) is 28.2 Å². The molecule has 2 saturated heterocycles. The van der Waals surface area contributed by atoms with Crippen LogP contribution < -0.4 is 14.5 Å². The Hall–Kier alpha value is -3.68. The second-order valence-corrected chi connectivity index (χ2v) is 14.7. The van der Waals surface area contributed by atoms with Gasteiger partial charge in [0.25, 0.3) is 0 Å². The average Bonchev–Trinajstić information content (AvgIpc) is 3.74. The second-order valence-electron chi connectivity index (χ2n) is 13.0. The number of hydrogen-bond donors (Lipinski definition) is 2. The number of imidazole rings is 1. The molecule has 4 aromatic rings. The lowest BCUT2D eigenvalue weighted by atomic mass is 9.98. The van der Waals surface area contributed by atoms with Gasteiger partial charge >= 0.3 is 13.7 Å². The maximum atomic E-state index is 16.0. The van der Waals surface area contributed by atoms with Crippen molar-refractivity contribution < 1.29 is 37.4 Å². The van der Waals surface area contributed by atoms with Gasteiger partial charge in [0.2, 0.25) is 0 Å². The fraction of sp³-hybridized carbons (Fsp3) is 0.515. The summed E-state index contributed by atoms with van der Waals surface area (Å²) in [4.78, 5) is 28.7. The molecule has 3 aliphatic rings. The van der Waals surface area contributed by atoms with Crippen LogP contribution in [0.25, 0.3) is 21.9 Å². The highest BCUT2D eigenvalue weighted by molar-refractivity contribution is 7.52. The first-order valence-corrected chi connectivity index (χ1v) is 17.9. The minimum atomic E-state index is -4.39. The summed E-state index contributed by atoms with van der Waals surface area (Å²) in [6.07, 6.45) is 1.22. The van der Waals surface area contributed by atoms with Crippen LogP contribution in [0, 0.1) is 6.92 Å². The molecule has 7 rings (SSSR count). The van der Waals surface area contributed by atoms with E-state index in [2.05, 4.69) is 24.9 Å². The number of ether oxygens (including phenoxy) is 2. The van der Waals surface area contributed by atoms with Gasteiger partial charge in [-0.25, -0.2) is 23.9 Å². The van der Waals surface area contributed by atoms with E-state index in [1.165, 1.54) is 24.7 Å². The van der Waals surface area contributed by atoms with Gasteiger partial charge in [-0.05, 0) is 64.3 Å². The van der Waals surface area contributed by atoms with Crippen LogP contribution in [-0.2, 0) is 23.4 Å². The SMILES string of the molecule is Cc1nc(N2CCC2)c2ncn([C@@H]3O[C@H](COP(=O)(N[C@@H](C)C(=O)OC4CCCC4)Oc4cccc5ccccc45)[C@@H](F)[C@@]3(C)O)c2n1. The molecule has 1 saturated carbocycles. The summed E-state index contributed by atoms with van der Waals surface area (Å²) in [6.45, 7) is 5.69. The van der Waals surface area contributed by atoms with Gasteiger partial charge in [-0.15, -0.1) is 0 Å². The van der Waals surface area contributed by atoms with Crippen molar-refractivity contribution in [3.05, 3.63) is 54.6 Å². The molecular formula is C33H40FN6O7P. The van der Waals surface area contributed by atoms with Crippen molar-refractivity contribution in [2.45, 2.75) is 89.1 Å². The summed E-state index contributed by atoms with van der Waals surface area (Å²) in [5.74, 6) is 0.818. The van der Waals surface area contributed by atoms with Crippen LogP contribution in [0.5, 0.6) is 5.75 Å². The van der Waals surface area contributed by atoms with Gasteiger partial charge in [0.1, 0.15) is 35.4 Å². The summed E-state index contributed by atoms with van der Waals surface area (Å²) in [6, 6.07) is 11.5. The Balaban J connectivity index is 1.13. The molecule has 2 aliphatic heterocycles. The number of carbonyl (C=O) groups excluding carboxylic acids is 1. The van der Waals surface area contributed by atoms with E-state index in [1.54, 1.807) is 25.1 Å². The maximum absolute atomic E-state index is 16.0. The van der Waals surface area contributed by atoms with Crippen LogP contribution in [-0.4, -0.2) is 80.3 Å². The molecule has 0 bridgehead atoms. The lowest BCUT2D eigenvalue weighted by Crippen LogP contribution is -2.42. The van der Waals surface area contributed by atoms with Crippen molar-refractivity contribution in [1.82, 2.24) is 24.6 Å². The number of aromatic nitrogens is 4. The number of fused-ring (bicyclic) bond motifs is 2. The number of halogens is 1. The van der Waals surface area contributed by atoms with E-state index in [9.17, 15) is 14.5 Å². The van der Waals surface area contributed by atoms with Crippen molar-refractivity contribution >= 4 is 41.5 Å². The summed E-state index contributed by atoms with van der Waals surface area (Å²) in [5.41, 5.74) is -1.13. The number of nitrogens with one attached hydrogen (secondary N) is 1. The van der Waals surface area contributed by atoms with E-state index in [-0.39, 0.29) is 11.9 Å². The largest absolute Gasteiger partial charge is 0.461 e. The number of hydrogen-bond acceptors (Lipinski definition) is 11. The van der Waals surface area contributed by atoms with Crippen LogP contribution in [0.2, 0.25) is 0 Å². The Morgan fingerprint density at radius 2 is 1.92 bits per heavy atom. The monoisotopic (exact) mass is 682 g/mol. The Morgan fingerprint density at radius 1 is 1.17 bits per heavy atom. The van der Waals surface area contributed by atoms with E-state index in [0.717, 1.165) is 50.6 Å². The molecule has 1 unspecified atom stereocenters. The molecular weight excluding hydrogens is 642 g/mol. The molecule has 13 nitrogen and oxygen atoms in total.